The van der Waals surface area contributed by atoms with Crippen molar-refractivity contribution >= 4 is 0 Å². The molecule has 0 heterocycles. The maximum Gasteiger partial charge on any atom is -0.0235 e. The van der Waals surface area contributed by atoms with E-state index in [4.69, 9.17) is 0 Å². The van der Waals surface area contributed by atoms with Crippen molar-refractivity contribution < 1.29 is 0 Å². The maximum atomic E-state index is 2.39. The number of hydrogen-bond acceptors (Lipinski definition) is 0. The molecule has 0 heteroatoms. The average molecular weight is 122 g/mol. The second-order valence-electron chi connectivity index (χ2n) is 4.25. The van der Waals surface area contributed by atoms with Crippen LogP contribution in [0.4, 0.5) is 0 Å². The molecule has 3 unspecified atom stereocenters. The third-order valence-electron chi connectivity index (χ3n) is 4.43. The lowest BCUT2D eigenvalue weighted by molar-refractivity contribution is 0.256. The molecule has 0 amide bonds. The quantitative estimate of drug-likeness (QED) is 0.501. The normalized spacial score (nSPS) is 67.0. The zero-order valence-corrected chi connectivity index (χ0v) is 6.06. The predicted octanol–water partition coefficient (Wildman–Crippen LogP) is 2.44. The van der Waals surface area contributed by atoms with E-state index in [1.807, 2.05) is 0 Å². The summed E-state index contributed by atoms with van der Waals surface area (Å²) in [5.74, 6) is 3.67. The van der Waals surface area contributed by atoms with Gasteiger partial charge < -0.3 is 0 Å². The van der Waals surface area contributed by atoms with Crippen LogP contribution in [0.15, 0.2) is 0 Å². The summed E-state index contributed by atoms with van der Waals surface area (Å²) in [6, 6.07) is 0. The minimum absolute atomic E-state index is 0.935. The summed E-state index contributed by atoms with van der Waals surface area (Å²) in [6.45, 7) is 2.39. The van der Waals surface area contributed by atoms with E-state index in [0.29, 0.717) is 0 Å². The topological polar surface area (TPSA) is 0 Å². The molecule has 3 aliphatic carbocycles. The molecule has 0 spiro atoms. The average Bonchev–Trinajstić information content (AvgIpc) is 2.23. The van der Waals surface area contributed by atoms with Crippen LogP contribution in [0.25, 0.3) is 0 Å². The van der Waals surface area contributed by atoms with Crippen LogP contribution in [-0.2, 0) is 0 Å². The van der Waals surface area contributed by atoms with Gasteiger partial charge in [0.25, 0.3) is 0 Å². The smallest absolute Gasteiger partial charge is 0.0235 e. The van der Waals surface area contributed by atoms with Crippen LogP contribution < -0.4 is 0 Å². The first kappa shape index (κ1) is 4.76. The Balaban J connectivity index is 1.97. The summed E-state index contributed by atoms with van der Waals surface area (Å²) in [4.78, 5) is 0. The van der Waals surface area contributed by atoms with E-state index >= 15 is 0 Å². The largest absolute Gasteiger partial charge is 0.0648 e. The lowest BCUT2D eigenvalue weighted by Gasteiger charge is -2.24. The molecule has 0 radical (unpaired) electrons. The lowest BCUT2D eigenvalue weighted by Crippen LogP contribution is -2.15. The predicted molar refractivity (Wildman–Crippen MR) is 37.0 cm³/mol. The van der Waals surface area contributed by atoms with Crippen molar-refractivity contribution in [2.45, 2.75) is 32.6 Å². The van der Waals surface area contributed by atoms with Gasteiger partial charge in [-0.1, -0.05) is 6.92 Å². The summed E-state index contributed by atoms with van der Waals surface area (Å²) in [5.41, 5.74) is 0.935. The highest BCUT2D eigenvalue weighted by Gasteiger charge is 2.75. The molecule has 0 saturated heterocycles. The third kappa shape index (κ3) is 0.300. The summed E-state index contributed by atoms with van der Waals surface area (Å²) >= 11 is 0. The van der Waals surface area contributed by atoms with Crippen molar-refractivity contribution in [2.75, 3.05) is 0 Å². The molecule has 0 aromatic heterocycles. The van der Waals surface area contributed by atoms with Gasteiger partial charge in [-0.15, -0.1) is 0 Å². The van der Waals surface area contributed by atoms with Gasteiger partial charge >= 0.3 is 0 Å². The molecule has 0 N–H and O–H groups in total. The highest BCUT2D eigenvalue weighted by molar-refractivity contribution is 5.23. The van der Waals surface area contributed by atoms with Gasteiger partial charge in [0.2, 0.25) is 0 Å². The monoisotopic (exact) mass is 122 g/mol. The number of hydrogen-bond donors (Lipinski definition) is 0. The minimum Gasteiger partial charge on any atom is -0.0648 e. The Hall–Kier alpha value is 0. The van der Waals surface area contributed by atoms with Crippen molar-refractivity contribution in [3.63, 3.8) is 0 Å². The Labute approximate surface area is 56.6 Å². The first-order valence-corrected chi connectivity index (χ1v) is 4.38. The molecule has 9 heavy (non-hydrogen) atoms. The van der Waals surface area contributed by atoms with Crippen molar-refractivity contribution in [1.29, 1.82) is 0 Å². The van der Waals surface area contributed by atoms with Crippen molar-refractivity contribution in [3.05, 3.63) is 0 Å². The van der Waals surface area contributed by atoms with Gasteiger partial charge in [-0.05, 0) is 48.9 Å². The van der Waals surface area contributed by atoms with Gasteiger partial charge in [0.15, 0.2) is 0 Å². The highest BCUT2D eigenvalue weighted by Crippen LogP contribution is 2.82. The van der Waals surface area contributed by atoms with E-state index in [1.165, 1.54) is 24.2 Å². The second-order valence-corrected chi connectivity index (χ2v) is 4.25. The van der Waals surface area contributed by atoms with Crippen LogP contribution in [0.3, 0.4) is 0 Å². The van der Waals surface area contributed by atoms with E-state index in [2.05, 4.69) is 6.92 Å². The van der Waals surface area contributed by atoms with Gasteiger partial charge in [-0.3, -0.25) is 0 Å². The second kappa shape index (κ2) is 1.09. The Morgan fingerprint density at radius 1 is 1.56 bits per heavy atom. The van der Waals surface area contributed by atoms with Crippen LogP contribution in [-0.4, -0.2) is 0 Å². The fourth-order valence-electron chi connectivity index (χ4n) is 3.85. The van der Waals surface area contributed by atoms with Crippen molar-refractivity contribution in [2.24, 2.45) is 23.2 Å². The Morgan fingerprint density at radius 2 is 2.44 bits per heavy atom. The molecule has 3 aliphatic rings. The first-order chi connectivity index (χ1) is 4.38. The summed E-state index contributed by atoms with van der Waals surface area (Å²) in [7, 11) is 0. The van der Waals surface area contributed by atoms with Crippen LogP contribution in [0.1, 0.15) is 32.6 Å². The minimum atomic E-state index is 0.935. The molecule has 0 bridgehead atoms. The maximum absolute atomic E-state index is 2.39. The molecule has 0 nitrogen and oxygen atoms in total. The molecule has 4 atom stereocenters. The van der Waals surface area contributed by atoms with Crippen LogP contribution >= 0.6 is 0 Å². The van der Waals surface area contributed by atoms with Crippen molar-refractivity contribution in [1.82, 2.24) is 0 Å². The summed E-state index contributed by atoms with van der Waals surface area (Å²) in [5, 5.41) is 0. The summed E-state index contributed by atoms with van der Waals surface area (Å²) < 4.78 is 0. The molecular formula is C9H14. The fourth-order valence-corrected chi connectivity index (χ4v) is 3.85. The van der Waals surface area contributed by atoms with Gasteiger partial charge in [0.1, 0.15) is 0 Å². The Bertz CT molecular complexity index is 159. The van der Waals surface area contributed by atoms with E-state index < -0.39 is 0 Å². The molecule has 50 valence electrons. The number of fused-ring (bicyclic) bond motifs is 1. The third-order valence-corrected chi connectivity index (χ3v) is 4.43. The molecular weight excluding hydrogens is 108 g/mol. The Morgan fingerprint density at radius 3 is 2.67 bits per heavy atom. The first-order valence-electron chi connectivity index (χ1n) is 4.38. The van der Waals surface area contributed by atoms with E-state index in [-0.39, 0.29) is 0 Å². The standard InChI is InChI=1S/C9H14/c1-2-9-4-3-6-5-7(9)8(6)9/h6-8H,2-5H2,1H3/t6?,7?,8-,9?/m1/s1. The van der Waals surface area contributed by atoms with E-state index in [9.17, 15) is 0 Å². The Kier molecular flexibility index (Phi) is 0.574. The molecule has 3 rings (SSSR count). The van der Waals surface area contributed by atoms with Crippen LogP contribution in [0.2, 0.25) is 0 Å². The SMILES string of the molecule is CCC12CCC3CC1[C@@H]32. The van der Waals surface area contributed by atoms with Gasteiger partial charge in [0.05, 0.1) is 0 Å². The zero-order chi connectivity index (χ0) is 6.06. The van der Waals surface area contributed by atoms with Crippen molar-refractivity contribution in [3.8, 4) is 0 Å². The molecule has 0 aromatic rings. The van der Waals surface area contributed by atoms with Gasteiger partial charge in [0, 0.05) is 0 Å². The number of rotatable bonds is 1. The molecule has 3 saturated carbocycles. The van der Waals surface area contributed by atoms with Crippen LogP contribution in [0.5, 0.6) is 0 Å². The summed E-state index contributed by atoms with van der Waals surface area (Å²) in [6.07, 6.45) is 6.26. The highest BCUT2D eigenvalue weighted by atomic mass is 14.8. The van der Waals surface area contributed by atoms with E-state index in [1.54, 1.807) is 19.3 Å². The van der Waals surface area contributed by atoms with Gasteiger partial charge in [-0.25, -0.2) is 0 Å². The molecule has 0 aliphatic heterocycles. The van der Waals surface area contributed by atoms with E-state index in [0.717, 1.165) is 5.41 Å². The fraction of sp³-hybridized carbons (Fsp3) is 1.00. The van der Waals surface area contributed by atoms with Crippen LogP contribution in [0, 0.1) is 23.2 Å². The zero-order valence-electron chi connectivity index (χ0n) is 6.06. The molecule has 3 fully saturated rings. The lowest BCUT2D eigenvalue weighted by atomic mass is 9.81. The van der Waals surface area contributed by atoms with Gasteiger partial charge in [-0.2, -0.15) is 0 Å². The molecule has 0 aromatic carbocycles.